The molecule has 0 spiro atoms. The van der Waals surface area contributed by atoms with Crippen molar-refractivity contribution < 1.29 is 14.7 Å². The molecule has 0 bridgehead atoms. The third-order valence-electron chi connectivity index (χ3n) is 3.64. The van der Waals surface area contributed by atoms with E-state index < -0.39 is 5.97 Å². The molecule has 1 aliphatic carbocycles. The molecule has 0 unspecified atom stereocenters. The second-order valence-corrected chi connectivity index (χ2v) is 5.93. The number of carboxylic acid groups (broad SMARTS) is 1. The van der Waals surface area contributed by atoms with Gasteiger partial charge in [-0.3, -0.25) is 4.79 Å². The van der Waals surface area contributed by atoms with E-state index in [0.717, 1.165) is 25.7 Å². The van der Waals surface area contributed by atoms with Crippen molar-refractivity contribution in [1.29, 1.82) is 0 Å². The normalized spacial score (nSPS) is 15.1. The Hall–Kier alpha value is -1.26. The minimum absolute atomic E-state index is 0.0950. The molecule has 2 amide bonds. The summed E-state index contributed by atoms with van der Waals surface area (Å²) in [4.78, 5) is 22.0. The van der Waals surface area contributed by atoms with E-state index in [1.165, 1.54) is 12.8 Å². The molecule has 0 radical (unpaired) electrons. The lowest BCUT2D eigenvalue weighted by Crippen LogP contribution is -2.49. The van der Waals surface area contributed by atoms with Crippen LogP contribution in [0.4, 0.5) is 4.79 Å². The molecule has 0 saturated heterocycles. The SMILES string of the molecule is CC(C)(NC(=O)NCCCCCCC(=O)O)C1CC1. The minimum Gasteiger partial charge on any atom is -0.481 e. The molecule has 19 heavy (non-hydrogen) atoms. The molecule has 110 valence electrons. The molecular weight excluding hydrogens is 244 g/mol. The molecular formula is C14H26N2O3. The fraction of sp³-hybridized carbons (Fsp3) is 0.857. The number of aliphatic carboxylic acids is 1. The molecule has 5 heteroatoms. The monoisotopic (exact) mass is 270 g/mol. The molecule has 1 aliphatic rings. The first kappa shape index (κ1) is 15.8. The van der Waals surface area contributed by atoms with Crippen molar-refractivity contribution in [3.8, 4) is 0 Å². The number of urea groups is 1. The van der Waals surface area contributed by atoms with Crippen LogP contribution >= 0.6 is 0 Å². The van der Waals surface area contributed by atoms with Gasteiger partial charge in [0.25, 0.3) is 0 Å². The number of carbonyl (C=O) groups excluding carboxylic acids is 1. The number of rotatable bonds is 9. The van der Waals surface area contributed by atoms with Crippen LogP contribution in [0.3, 0.4) is 0 Å². The van der Waals surface area contributed by atoms with E-state index >= 15 is 0 Å². The number of carboxylic acids is 1. The zero-order chi connectivity index (χ0) is 14.3. The maximum Gasteiger partial charge on any atom is 0.315 e. The molecule has 0 aromatic rings. The Kier molecular flexibility index (Phi) is 6.12. The second kappa shape index (κ2) is 7.36. The van der Waals surface area contributed by atoms with Gasteiger partial charge in [-0.25, -0.2) is 4.79 Å². The maximum absolute atomic E-state index is 11.7. The van der Waals surface area contributed by atoms with Gasteiger partial charge in [0.2, 0.25) is 0 Å². The average molecular weight is 270 g/mol. The lowest BCUT2D eigenvalue weighted by Gasteiger charge is -2.26. The highest BCUT2D eigenvalue weighted by atomic mass is 16.4. The van der Waals surface area contributed by atoms with Crippen LogP contribution in [-0.2, 0) is 4.79 Å². The second-order valence-electron chi connectivity index (χ2n) is 5.93. The molecule has 0 aromatic carbocycles. The van der Waals surface area contributed by atoms with Crippen LogP contribution in [0.1, 0.15) is 58.8 Å². The maximum atomic E-state index is 11.7. The van der Waals surface area contributed by atoms with Crippen molar-refractivity contribution in [3.05, 3.63) is 0 Å². The topological polar surface area (TPSA) is 78.4 Å². The predicted octanol–water partition coefficient (Wildman–Crippen LogP) is 2.51. The van der Waals surface area contributed by atoms with Gasteiger partial charge in [0.1, 0.15) is 0 Å². The number of carbonyl (C=O) groups is 2. The number of hydrogen-bond acceptors (Lipinski definition) is 2. The Morgan fingerprint density at radius 1 is 1.16 bits per heavy atom. The lowest BCUT2D eigenvalue weighted by molar-refractivity contribution is -0.137. The average Bonchev–Trinajstić information content (AvgIpc) is 3.10. The molecule has 0 heterocycles. The highest BCUT2D eigenvalue weighted by Gasteiger charge is 2.38. The molecule has 1 rings (SSSR count). The van der Waals surface area contributed by atoms with Gasteiger partial charge >= 0.3 is 12.0 Å². The molecule has 1 saturated carbocycles. The predicted molar refractivity (Wildman–Crippen MR) is 74.1 cm³/mol. The number of amides is 2. The molecule has 3 N–H and O–H groups in total. The first-order valence-electron chi connectivity index (χ1n) is 7.19. The van der Waals surface area contributed by atoms with E-state index in [0.29, 0.717) is 12.5 Å². The molecule has 5 nitrogen and oxygen atoms in total. The fourth-order valence-corrected chi connectivity index (χ4v) is 2.20. The van der Waals surface area contributed by atoms with Crippen molar-refractivity contribution in [3.63, 3.8) is 0 Å². The fourth-order valence-electron chi connectivity index (χ4n) is 2.20. The van der Waals surface area contributed by atoms with Crippen LogP contribution in [-0.4, -0.2) is 29.2 Å². The van der Waals surface area contributed by atoms with Gasteiger partial charge < -0.3 is 15.7 Å². The molecule has 0 aromatic heterocycles. The molecule has 0 atom stereocenters. The van der Waals surface area contributed by atoms with Crippen LogP contribution < -0.4 is 10.6 Å². The van der Waals surface area contributed by atoms with Crippen LogP contribution in [0.5, 0.6) is 0 Å². The van der Waals surface area contributed by atoms with Crippen molar-refractivity contribution in [2.45, 2.75) is 64.3 Å². The smallest absolute Gasteiger partial charge is 0.315 e. The van der Waals surface area contributed by atoms with Crippen molar-refractivity contribution in [2.75, 3.05) is 6.54 Å². The highest BCUT2D eigenvalue weighted by Crippen LogP contribution is 2.39. The zero-order valence-electron chi connectivity index (χ0n) is 12.0. The number of hydrogen-bond donors (Lipinski definition) is 3. The third kappa shape index (κ3) is 7.03. The van der Waals surface area contributed by atoms with Gasteiger partial charge in [-0.05, 0) is 45.4 Å². The van der Waals surface area contributed by atoms with Crippen molar-refractivity contribution in [1.82, 2.24) is 10.6 Å². The highest BCUT2D eigenvalue weighted by molar-refractivity contribution is 5.74. The van der Waals surface area contributed by atoms with Gasteiger partial charge in [0.15, 0.2) is 0 Å². The first-order chi connectivity index (χ1) is 8.92. The lowest BCUT2D eigenvalue weighted by atomic mass is 9.99. The Labute approximate surface area is 115 Å². The van der Waals surface area contributed by atoms with Crippen molar-refractivity contribution >= 4 is 12.0 Å². The third-order valence-corrected chi connectivity index (χ3v) is 3.64. The molecule has 1 fully saturated rings. The van der Waals surface area contributed by atoms with E-state index in [9.17, 15) is 9.59 Å². The Morgan fingerprint density at radius 3 is 2.37 bits per heavy atom. The summed E-state index contributed by atoms with van der Waals surface area (Å²) in [5.74, 6) is -0.117. The summed E-state index contributed by atoms with van der Waals surface area (Å²) in [6.45, 7) is 4.78. The largest absolute Gasteiger partial charge is 0.481 e. The van der Waals surface area contributed by atoms with Crippen LogP contribution in [0.15, 0.2) is 0 Å². The van der Waals surface area contributed by atoms with Gasteiger partial charge in [-0.15, -0.1) is 0 Å². The van der Waals surface area contributed by atoms with E-state index in [-0.39, 0.29) is 18.0 Å². The van der Waals surface area contributed by atoms with E-state index in [1.807, 2.05) is 0 Å². The van der Waals surface area contributed by atoms with Crippen LogP contribution in [0.2, 0.25) is 0 Å². The Morgan fingerprint density at radius 2 is 1.79 bits per heavy atom. The quantitative estimate of drug-likeness (QED) is 0.563. The van der Waals surface area contributed by atoms with Gasteiger partial charge in [-0.1, -0.05) is 12.8 Å². The van der Waals surface area contributed by atoms with Crippen LogP contribution in [0.25, 0.3) is 0 Å². The summed E-state index contributed by atoms with van der Waals surface area (Å²) >= 11 is 0. The zero-order valence-corrected chi connectivity index (χ0v) is 12.0. The van der Waals surface area contributed by atoms with Gasteiger partial charge in [0.05, 0.1) is 0 Å². The summed E-state index contributed by atoms with van der Waals surface area (Å²) in [6.07, 6.45) is 6.13. The Balaban J connectivity index is 1.97. The summed E-state index contributed by atoms with van der Waals surface area (Å²) in [5, 5.41) is 14.3. The first-order valence-corrected chi connectivity index (χ1v) is 7.19. The van der Waals surface area contributed by atoms with E-state index in [4.69, 9.17) is 5.11 Å². The number of unbranched alkanes of at least 4 members (excludes halogenated alkanes) is 3. The van der Waals surface area contributed by atoms with Gasteiger partial charge in [0, 0.05) is 18.5 Å². The minimum atomic E-state index is -0.736. The van der Waals surface area contributed by atoms with E-state index in [2.05, 4.69) is 24.5 Å². The summed E-state index contributed by atoms with van der Waals surface area (Å²) < 4.78 is 0. The van der Waals surface area contributed by atoms with E-state index in [1.54, 1.807) is 0 Å². The van der Waals surface area contributed by atoms with Crippen molar-refractivity contribution in [2.24, 2.45) is 5.92 Å². The molecule has 0 aliphatic heterocycles. The summed E-state index contributed by atoms with van der Waals surface area (Å²) in [5.41, 5.74) is -0.106. The summed E-state index contributed by atoms with van der Waals surface area (Å²) in [7, 11) is 0. The summed E-state index contributed by atoms with van der Waals surface area (Å²) in [6, 6.07) is -0.0950. The Bertz CT molecular complexity index is 312. The standard InChI is InChI=1S/C14H26N2O3/c1-14(2,11-8-9-11)16-13(19)15-10-6-4-3-5-7-12(17)18/h11H,3-10H2,1-2H3,(H,17,18)(H2,15,16,19). The van der Waals surface area contributed by atoms with Gasteiger partial charge in [-0.2, -0.15) is 0 Å². The van der Waals surface area contributed by atoms with Crippen LogP contribution in [0, 0.1) is 5.92 Å². The number of nitrogens with one attached hydrogen (secondary N) is 2.